The Hall–Kier alpha value is -3.50. The van der Waals surface area contributed by atoms with E-state index >= 15 is 0 Å². The van der Waals surface area contributed by atoms with Gasteiger partial charge in [0.05, 0.1) is 23.2 Å². The molecule has 1 atom stereocenters. The molecule has 2 N–H and O–H groups in total. The summed E-state index contributed by atoms with van der Waals surface area (Å²) in [6, 6.07) is 5.44. The van der Waals surface area contributed by atoms with Crippen LogP contribution in [0.15, 0.2) is 41.0 Å². The van der Waals surface area contributed by atoms with E-state index in [0.29, 0.717) is 23.7 Å². The molecule has 1 aromatic heterocycles. The van der Waals surface area contributed by atoms with Crippen LogP contribution in [0.4, 0.5) is 29.3 Å². The molecule has 2 aromatic rings. The SMILES string of the molecule is C[C@]1(c2ccco2)NC(=O)N(CC(=O)Nc2cc(C(F)(F)F)ccc2N2CCCC2)C1=O. The van der Waals surface area contributed by atoms with Crippen molar-refractivity contribution < 1.29 is 32.0 Å². The molecule has 2 aliphatic rings. The first-order valence-electron chi connectivity index (χ1n) is 10.0. The number of carbonyl (C=O) groups is 3. The van der Waals surface area contributed by atoms with Gasteiger partial charge in [-0.3, -0.25) is 14.5 Å². The number of anilines is 2. The van der Waals surface area contributed by atoms with Crippen LogP contribution >= 0.6 is 0 Å². The van der Waals surface area contributed by atoms with Gasteiger partial charge in [0.1, 0.15) is 12.3 Å². The van der Waals surface area contributed by atoms with E-state index in [2.05, 4.69) is 10.6 Å². The average Bonchev–Trinajstić information content (AvgIpc) is 3.47. The van der Waals surface area contributed by atoms with E-state index in [9.17, 15) is 27.6 Å². The van der Waals surface area contributed by atoms with Crippen molar-refractivity contribution in [3.05, 3.63) is 47.9 Å². The van der Waals surface area contributed by atoms with Crippen LogP contribution in [0.3, 0.4) is 0 Å². The number of halogens is 3. The number of furan rings is 1. The van der Waals surface area contributed by atoms with Crippen LogP contribution in [-0.4, -0.2) is 42.4 Å². The van der Waals surface area contributed by atoms with E-state index in [1.165, 1.54) is 25.3 Å². The number of nitrogens with zero attached hydrogens (tertiary/aromatic N) is 2. The summed E-state index contributed by atoms with van der Waals surface area (Å²) in [6.45, 7) is 2.10. The molecule has 2 fully saturated rings. The number of carbonyl (C=O) groups excluding carboxylic acids is 3. The summed E-state index contributed by atoms with van der Waals surface area (Å²) in [5, 5.41) is 4.95. The van der Waals surface area contributed by atoms with E-state index in [1.807, 2.05) is 4.90 Å². The predicted molar refractivity (Wildman–Crippen MR) is 108 cm³/mol. The summed E-state index contributed by atoms with van der Waals surface area (Å²) in [4.78, 5) is 40.5. The Morgan fingerprint density at radius 1 is 1.22 bits per heavy atom. The zero-order chi connectivity index (χ0) is 23.1. The number of hydrogen-bond donors (Lipinski definition) is 2. The molecule has 170 valence electrons. The van der Waals surface area contributed by atoms with E-state index in [-0.39, 0.29) is 11.4 Å². The number of rotatable bonds is 5. The highest BCUT2D eigenvalue weighted by atomic mass is 19.4. The van der Waals surface area contributed by atoms with E-state index in [0.717, 1.165) is 25.0 Å². The standard InChI is InChI=1S/C21H21F3N4O4/c1-20(16-5-4-10-32-16)18(30)28(19(31)26-20)12-17(29)25-14-11-13(21(22,23)24)6-7-15(14)27-8-2-3-9-27/h4-7,10-11H,2-3,8-9,12H2,1H3,(H,25,29)(H,26,31)/t20-/m1/s1. The summed E-state index contributed by atoms with van der Waals surface area (Å²) in [6.07, 6.45) is -1.45. The number of benzene rings is 1. The van der Waals surface area contributed by atoms with Crippen molar-refractivity contribution in [3.63, 3.8) is 0 Å². The minimum atomic E-state index is -4.58. The van der Waals surface area contributed by atoms with Crippen molar-refractivity contribution in [2.75, 3.05) is 29.9 Å². The zero-order valence-corrected chi connectivity index (χ0v) is 17.2. The number of nitrogens with one attached hydrogen (secondary N) is 2. The highest BCUT2D eigenvalue weighted by Gasteiger charge is 2.51. The fraction of sp³-hybridized carbons (Fsp3) is 0.381. The van der Waals surface area contributed by atoms with Crippen molar-refractivity contribution >= 4 is 29.2 Å². The van der Waals surface area contributed by atoms with E-state index in [1.54, 1.807) is 6.07 Å². The fourth-order valence-electron chi connectivity index (χ4n) is 3.95. The topological polar surface area (TPSA) is 94.9 Å². The molecule has 0 aliphatic carbocycles. The average molecular weight is 450 g/mol. The Morgan fingerprint density at radius 3 is 2.56 bits per heavy atom. The van der Waals surface area contributed by atoms with E-state index < -0.39 is 41.7 Å². The molecule has 3 heterocycles. The van der Waals surface area contributed by atoms with Crippen LogP contribution in [0.25, 0.3) is 0 Å². The van der Waals surface area contributed by atoms with Gasteiger partial charge in [0.2, 0.25) is 5.91 Å². The van der Waals surface area contributed by atoms with E-state index in [4.69, 9.17) is 4.42 Å². The molecule has 0 saturated carbocycles. The molecule has 0 radical (unpaired) electrons. The maximum absolute atomic E-state index is 13.2. The first-order chi connectivity index (χ1) is 15.1. The normalized spacial score (nSPS) is 21.2. The third-order valence-electron chi connectivity index (χ3n) is 5.64. The smallest absolute Gasteiger partial charge is 0.416 e. The van der Waals surface area contributed by atoms with Crippen molar-refractivity contribution in [1.82, 2.24) is 10.2 Å². The fourth-order valence-corrected chi connectivity index (χ4v) is 3.95. The maximum atomic E-state index is 13.2. The van der Waals surface area contributed by atoms with Crippen molar-refractivity contribution in [2.45, 2.75) is 31.5 Å². The molecule has 32 heavy (non-hydrogen) atoms. The zero-order valence-electron chi connectivity index (χ0n) is 17.2. The summed E-state index contributed by atoms with van der Waals surface area (Å²) in [7, 11) is 0. The first-order valence-corrected chi connectivity index (χ1v) is 10.0. The van der Waals surface area contributed by atoms with Gasteiger partial charge >= 0.3 is 12.2 Å². The van der Waals surface area contributed by atoms with Gasteiger partial charge in [-0.15, -0.1) is 0 Å². The number of hydrogen-bond acceptors (Lipinski definition) is 5. The minimum Gasteiger partial charge on any atom is -0.466 e. The van der Waals surface area contributed by atoms with Crippen LogP contribution in [-0.2, 0) is 21.3 Å². The largest absolute Gasteiger partial charge is 0.466 e. The van der Waals surface area contributed by atoms with Gasteiger partial charge in [-0.25, -0.2) is 4.79 Å². The number of urea groups is 1. The lowest BCUT2D eigenvalue weighted by atomic mass is 9.99. The van der Waals surface area contributed by atoms with Crippen molar-refractivity contribution in [1.29, 1.82) is 0 Å². The maximum Gasteiger partial charge on any atom is 0.416 e. The predicted octanol–water partition coefficient (Wildman–Crippen LogP) is 3.30. The molecule has 2 saturated heterocycles. The molecule has 4 rings (SSSR count). The molecule has 0 bridgehead atoms. The number of alkyl halides is 3. The Morgan fingerprint density at radius 2 is 1.94 bits per heavy atom. The molecular weight excluding hydrogens is 429 g/mol. The van der Waals surface area contributed by atoms with Gasteiger partial charge in [0, 0.05) is 13.1 Å². The minimum absolute atomic E-state index is 0.0208. The van der Waals surface area contributed by atoms with Gasteiger partial charge in [-0.1, -0.05) is 0 Å². The molecule has 8 nitrogen and oxygen atoms in total. The summed E-state index contributed by atoms with van der Waals surface area (Å²) < 4.78 is 44.9. The molecule has 11 heteroatoms. The van der Waals surface area contributed by atoms with Crippen LogP contribution < -0.4 is 15.5 Å². The van der Waals surface area contributed by atoms with Gasteiger partial charge < -0.3 is 20.0 Å². The second-order valence-electron chi connectivity index (χ2n) is 7.90. The van der Waals surface area contributed by atoms with Crippen molar-refractivity contribution in [2.24, 2.45) is 0 Å². The second-order valence-corrected chi connectivity index (χ2v) is 7.90. The summed E-state index contributed by atoms with van der Waals surface area (Å²) in [5.41, 5.74) is -1.94. The lowest BCUT2D eigenvalue weighted by Gasteiger charge is -2.23. The number of amides is 4. The highest BCUT2D eigenvalue weighted by Crippen LogP contribution is 2.36. The van der Waals surface area contributed by atoms with Crippen LogP contribution in [0.2, 0.25) is 0 Å². The Kier molecular flexibility index (Phi) is 5.35. The Bertz CT molecular complexity index is 1050. The van der Waals surface area contributed by atoms with Crippen molar-refractivity contribution in [3.8, 4) is 0 Å². The van der Waals surface area contributed by atoms with Crippen LogP contribution in [0, 0.1) is 0 Å². The highest BCUT2D eigenvalue weighted by molar-refractivity contribution is 6.10. The third kappa shape index (κ3) is 3.90. The third-order valence-corrected chi connectivity index (χ3v) is 5.64. The Balaban J connectivity index is 1.55. The molecule has 0 spiro atoms. The quantitative estimate of drug-likeness (QED) is 0.682. The molecule has 0 unspecified atom stereocenters. The summed E-state index contributed by atoms with van der Waals surface area (Å²) in [5.74, 6) is -1.29. The molecule has 2 aliphatic heterocycles. The summed E-state index contributed by atoms with van der Waals surface area (Å²) >= 11 is 0. The van der Waals surface area contributed by atoms with Gasteiger partial charge in [-0.05, 0) is 50.1 Å². The first kappa shape index (κ1) is 21.7. The number of imide groups is 1. The molecular formula is C21H21F3N4O4. The van der Waals surface area contributed by atoms with Gasteiger partial charge in [0.25, 0.3) is 5.91 Å². The monoisotopic (exact) mass is 450 g/mol. The second kappa shape index (κ2) is 7.88. The Labute approximate surface area is 181 Å². The van der Waals surface area contributed by atoms with Gasteiger partial charge in [-0.2, -0.15) is 13.2 Å². The molecule has 4 amide bonds. The van der Waals surface area contributed by atoms with Gasteiger partial charge in [0.15, 0.2) is 5.54 Å². The molecule has 1 aromatic carbocycles. The lowest BCUT2D eigenvalue weighted by molar-refractivity contribution is -0.137. The van der Waals surface area contributed by atoms with Crippen LogP contribution in [0.5, 0.6) is 0 Å². The van der Waals surface area contributed by atoms with Crippen LogP contribution in [0.1, 0.15) is 31.1 Å². The lowest BCUT2D eigenvalue weighted by Crippen LogP contribution is -2.42.